The predicted molar refractivity (Wildman–Crippen MR) is 77.8 cm³/mol. The number of hydrogen-bond donors (Lipinski definition) is 1. The van der Waals surface area contributed by atoms with E-state index in [0.717, 1.165) is 25.3 Å². The topological polar surface area (TPSA) is 12.0 Å². The molecule has 20 heavy (non-hydrogen) atoms. The van der Waals surface area contributed by atoms with Crippen molar-refractivity contribution in [2.24, 2.45) is 5.92 Å². The molecule has 0 radical (unpaired) electrons. The van der Waals surface area contributed by atoms with Gasteiger partial charge in [-0.2, -0.15) is 13.2 Å². The molecule has 1 aliphatic rings. The van der Waals surface area contributed by atoms with Gasteiger partial charge in [-0.05, 0) is 38.1 Å². The average Bonchev–Trinajstić information content (AvgIpc) is 2.62. The van der Waals surface area contributed by atoms with Gasteiger partial charge < -0.3 is 5.32 Å². The van der Waals surface area contributed by atoms with Crippen LogP contribution in [0.2, 0.25) is 0 Å². The van der Waals surface area contributed by atoms with Gasteiger partial charge in [0.2, 0.25) is 0 Å². The average molecular weight is 293 g/mol. The van der Waals surface area contributed by atoms with Gasteiger partial charge >= 0.3 is 6.18 Å². The second-order valence-electron chi connectivity index (χ2n) is 6.25. The number of alkyl halides is 3. The summed E-state index contributed by atoms with van der Waals surface area (Å²) in [6.07, 6.45) is 6.19. The van der Waals surface area contributed by atoms with Crippen molar-refractivity contribution in [3.8, 4) is 0 Å². The summed E-state index contributed by atoms with van der Waals surface area (Å²) in [6.45, 7) is 3.02. The molecule has 4 heteroatoms. The zero-order valence-electron chi connectivity index (χ0n) is 12.8. The van der Waals surface area contributed by atoms with Crippen molar-refractivity contribution in [1.82, 2.24) is 5.32 Å². The van der Waals surface area contributed by atoms with Crippen LogP contribution in [0.5, 0.6) is 0 Å². The lowest BCUT2D eigenvalue weighted by molar-refractivity contribution is -0.135. The van der Waals surface area contributed by atoms with E-state index in [0.29, 0.717) is 6.42 Å². The van der Waals surface area contributed by atoms with Gasteiger partial charge in [0, 0.05) is 12.5 Å². The minimum atomic E-state index is -4.00. The van der Waals surface area contributed by atoms with Gasteiger partial charge in [0.05, 0.1) is 0 Å². The fourth-order valence-electron chi connectivity index (χ4n) is 3.20. The van der Waals surface area contributed by atoms with Crippen LogP contribution in [0, 0.1) is 5.92 Å². The molecule has 1 fully saturated rings. The van der Waals surface area contributed by atoms with E-state index in [1.165, 1.54) is 38.5 Å². The molecular formula is C16H30F3N. The van der Waals surface area contributed by atoms with Crippen LogP contribution in [-0.4, -0.2) is 18.8 Å². The minimum absolute atomic E-state index is 0.262. The maximum Gasteiger partial charge on any atom is 0.389 e. The Morgan fingerprint density at radius 1 is 1.10 bits per heavy atom. The first-order valence-electron chi connectivity index (χ1n) is 8.31. The molecule has 0 aromatic rings. The van der Waals surface area contributed by atoms with Crippen molar-refractivity contribution in [1.29, 1.82) is 0 Å². The van der Waals surface area contributed by atoms with Crippen molar-refractivity contribution < 1.29 is 13.2 Å². The minimum Gasteiger partial charge on any atom is -0.314 e. The van der Waals surface area contributed by atoms with Crippen LogP contribution in [0.3, 0.4) is 0 Å². The molecule has 1 aliphatic carbocycles. The molecule has 0 saturated heterocycles. The lowest BCUT2D eigenvalue weighted by Gasteiger charge is -2.24. The molecule has 1 atom stereocenters. The van der Waals surface area contributed by atoms with Gasteiger partial charge in [0.15, 0.2) is 0 Å². The van der Waals surface area contributed by atoms with Crippen LogP contribution in [-0.2, 0) is 0 Å². The Morgan fingerprint density at radius 2 is 1.75 bits per heavy atom. The van der Waals surface area contributed by atoms with E-state index in [1.807, 2.05) is 0 Å². The van der Waals surface area contributed by atoms with Crippen LogP contribution in [0.15, 0.2) is 0 Å². The third kappa shape index (κ3) is 8.83. The molecule has 120 valence electrons. The summed E-state index contributed by atoms with van der Waals surface area (Å²) >= 11 is 0. The first kappa shape index (κ1) is 17.8. The molecule has 1 nitrogen and oxygen atoms in total. The summed E-state index contributed by atoms with van der Waals surface area (Å²) in [4.78, 5) is 0. The predicted octanol–water partition coefficient (Wildman–Crippen LogP) is 5.45. The van der Waals surface area contributed by atoms with Gasteiger partial charge in [0.1, 0.15) is 0 Å². The highest BCUT2D eigenvalue weighted by atomic mass is 19.4. The Morgan fingerprint density at radius 3 is 2.30 bits per heavy atom. The lowest BCUT2D eigenvalue weighted by Crippen LogP contribution is -2.32. The van der Waals surface area contributed by atoms with E-state index >= 15 is 0 Å². The molecule has 0 spiro atoms. The molecular weight excluding hydrogens is 263 g/mol. The Balaban J connectivity index is 2.33. The SMILES string of the molecule is CCCNC(CCCC(F)(F)F)CC1CCCCCC1. The first-order chi connectivity index (χ1) is 9.51. The van der Waals surface area contributed by atoms with E-state index in [-0.39, 0.29) is 12.5 Å². The third-order valence-corrected chi connectivity index (χ3v) is 4.29. The van der Waals surface area contributed by atoms with E-state index < -0.39 is 12.6 Å². The molecule has 0 amide bonds. The quantitative estimate of drug-likeness (QED) is 0.587. The van der Waals surface area contributed by atoms with Gasteiger partial charge in [0.25, 0.3) is 0 Å². The summed E-state index contributed by atoms with van der Waals surface area (Å²) in [5.41, 5.74) is 0. The number of rotatable bonds is 8. The van der Waals surface area contributed by atoms with E-state index in [1.54, 1.807) is 0 Å². The highest BCUT2D eigenvalue weighted by Crippen LogP contribution is 2.28. The summed E-state index contributed by atoms with van der Waals surface area (Å²) in [6, 6.07) is 0.278. The number of hydrogen-bond acceptors (Lipinski definition) is 1. The van der Waals surface area contributed by atoms with Crippen molar-refractivity contribution in [3.05, 3.63) is 0 Å². The molecule has 0 heterocycles. The fourth-order valence-corrected chi connectivity index (χ4v) is 3.20. The third-order valence-electron chi connectivity index (χ3n) is 4.29. The highest BCUT2D eigenvalue weighted by molar-refractivity contribution is 4.74. The molecule has 1 N–H and O–H groups in total. The highest BCUT2D eigenvalue weighted by Gasteiger charge is 2.27. The van der Waals surface area contributed by atoms with Gasteiger partial charge in [-0.3, -0.25) is 0 Å². The summed E-state index contributed by atoms with van der Waals surface area (Å²) in [5.74, 6) is 0.720. The maximum absolute atomic E-state index is 12.2. The van der Waals surface area contributed by atoms with Crippen LogP contribution in [0.4, 0.5) is 13.2 Å². The van der Waals surface area contributed by atoms with Crippen LogP contribution < -0.4 is 5.32 Å². The van der Waals surface area contributed by atoms with E-state index in [4.69, 9.17) is 0 Å². The van der Waals surface area contributed by atoms with E-state index in [9.17, 15) is 13.2 Å². The largest absolute Gasteiger partial charge is 0.389 e. The second kappa shape index (κ2) is 9.64. The van der Waals surface area contributed by atoms with Crippen molar-refractivity contribution in [2.45, 2.75) is 89.8 Å². The molecule has 0 aromatic carbocycles. The van der Waals surface area contributed by atoms with Crippen molar-refractivity contribution in [3.63, 3.8) is 0 Å². The molecule has 0 aliphatic heterocycles. The molecule has 0 bridgehead atoms. The van der Waals surface area contributed by atoms with Gasteiger partial charge in [-0.25, -0.2) is 0 Å². The summed E-state index contributed by atoms with van der Waals surface area (Å²) < 4.78 is 36.7. The number of nitrogens with one attached hydrogen (secondary N) is 1. The van der Waals surface area contributed by atoms with Gasteiger partial charge in [-0.1, -0.05) is 45.4 Å². The van der Waals surface area contributed by atoms with Crippen molar-refractivity contribution in [2.75, 3.05) is 6.54 Å². The molecule has 0 aromatic heterocycles. The summed E-state index contributed by atoms with van der Waals surface area (Å²) in [7, 11) is 0. The molecule has 1 unspecified atom stereocenters. The van der Waals surface area contributed by atoms with Crippen molar-refractivity contribution >= 4 is 0 Å². The molecule has 1 rings (SSSR count). The van der Waals surface area contributed by atoms with Crippen LogP contribution >= 0.6 is 0 Å². The normalized spacial score (nSPS) is 19.8. The molecule has 1 saturated carbocycles. The number of halogens is 3. The lowest BCUT2D eigenvalue weighted by atomic mass is 9.90. The standard InChI is InChI=1S/C16H30F3N/c1-2-12-20-15(10-7-11-16(17,18)19)13-14-8-5-3-4-6-9-14/h14-15,20H,2-13H2,1H3. The zero-order valence-corrected chi connectivity index (χ0v) is 12.8. The first-order valence-corrected chi connectivity index (χ1v) is 8.31. The monoisotopic (exact) mass is 293 g/mol. The second-order valence-corrected chi connectivity index (χ2v) is 6.25. The van der Waals surface area contributed by atoms with Crippen LogP contribution in [0.1, 0.15) is 77.6 Å². The Hall–Kier alpha value is -0.250. The van der Waals surface area contributed by atoms with Crippen LogP contribution in [0.25, 0.3) is 0 Å². The summed E-state index contributed by atoms with van der Waals surface area (Å²) in [5, 5.41) is 3.46. The fraction of sp³-hybridized carbons (Fsp3) is 1.00. The maximum atomic E-state index is 12.2. The Kier molecular flexibility index (Phi) is 8.58. The Labute approximate surface area is 121 Å². The Bertz CT molecular complexity index is 232. The smallest absolute Gasteiger partial charge is 0.314 e. The van der Waals surface area contributed by atoms with E-state index in [2.05, 4.69) is 12.2 Å². The van der Waals surface area contributed by atoms with Gasteiger partial charge in [-0.15, -0.1) is 0 Å². The zero-order chi connectivity index (χ0) is 14.8.